The van der Waals surface area contributed by atoms with Gasteiger partial charge in [0.2, 0.25) is 5.91 Å². The van der Waals surface area contributed by atoms with Gasteiger partial charge < -0.3 is 25.4 Å². The van der Waals surface area contributed by atoms with E-state index in [1.54, 1.807) is 32.4 Å². The topological polar surface area (TPSA) is 93.9 Å². The summed E-state index contributed by atoms with van der Waals surface area (Å²) in [7, 11) is 3.22. The number of methoxy groups -OCH3 is 2. The van der Waals surface area contributed by atoms with Gasteiger partial charge in [0.1, 0.15) is 0 Å². The van der Waals surface area contributed by atoms with Gasteiger partial charge in [-0.05, 0) is 56.0 Å². The highest BCUT2D eigenvalue weighted by Gasteiger charge is 2.33. The zero-order valence-electron chi connectivity index (χ0n) is 22.0. The van der Waals surface area contributed by atoms with Crippen molar-refractivity contribution >= 4 is 23.2 Å². The molecule has 2 amide bonds. The molecule has 4 rings (SSSR count). The molecule has 194 valence electrons. The number of nitrogens with one attached hydrogen (secondary N) is 1. The minimum Gasteiger partial charge on any atom is -0.493 e. The molecule has 0 atom stereocenters. The highest BCUT2D eigenvalue weighted by molar-refractivity contribution is 6.02. The Hall–Kier alpha value is -4.00. The van der Waals surface area contributed by atoms with E-state index >= 15 is 0 Å². The molecular formula is C30H35N3O4. The Morgan fingerprint density at radius 2 is 1.73 bits per heavy atom. The lowest BCUT2D eigenvalue weighted by molar-refractivity contribution is -0.116. The van der Waals surface area contributed by atoms with Crippen molar-refractivity contribution in [1.29, 1.82) is 0 Å². The van der Waals surface area contributed by atoms with E-state index in [2.05, 4.69) is 37.4 Å². The Morgan fingerprint density at radius 1 is 1.00 bits per heavy atom. The fourth-order valence-electron chi connectivity index (χ4n) is 5.01. The number of nitrogens with zero attached hydrogens (tertiary/aromatic N) is 1. The van der Waals surface area contributed by atoms with Crippen molar-refractivity contribution in [1.82, 2.24) is 4.90 Å². The molecule has 7 nitrogen and oxygen atoms in total. The zero-order chi connectivity index (χ0) is 26.5. The fourth-order valence-corrected chi connectivity index (χ4v) is 5.01. The zero-order valence-corrected chi connectivity index (χ0v) is 22.0. The van der Waals surface area contributed by atoms with Crippen LogP contribution in [0.2, 0.25) is 0 Å². The molecule has 0 aliphatic carbocycles. The summed E-state index contributed by atoms with van der Waals surface area (Å²) in [6.07, 6.45) is 2.80. The van der Waals surface area contributed by atoms with E-state index in [0.717, 1.165) is 47.1 Å². The van der Waals surface area contributed by atoms with Crippen molar-refractivity contribution in [3.63, 3.8) is 0 Å². The van der Waals surface area contributed by atoms with E-state index in [0.29, 0.717) is 47.9 Å². The van der Waals surface area contributed by atoms with Gasteiger partial charge in [-0.3, -0.25) is 9.59 Å². The number of carbonyl (C=O) groups excluding carboxylic acids is 2. The van der Waals surface area contributed by atoms with Gasteiger partial charge in [0.05, 0.1) is 25.6 Å². The summed E-state index contributed by atoms with van der Waals surface area (Å²) >= 11 is 0. The SMILES string of the molecule is COc1cc2c(c(-c3cc(C)cc(C)c3)c1OC)CN(CCCCCC(=O)Nc1ccccc1N)C2=O. The van der Waals surface area contributed by atoms with Crippen LogP contribution in [0.1, 0.15) is 52.7 Å². The molecule has 0 radical (unpaired) electrons. The van der Waals surface area contributed by atoms with E-state index in [9.17, 15) is 9.59 Å². The molecule has 1 heterocycles. The number of para-hydroxylation sites is 2. The molecule has 3 N–H and O–H groups in total. The summed E-state index contributed by atoms with van der Waals surface area (Å²) in [5, 5.41) is 2.86. The lowest BCUT2D eigenvalue weighted by Crippen LogP contribution is -2.25. The van der Waals surface area contributed by atoms with Crippen LogP contribution in [-0.4, -0.2) is 37.5 Å². The van der Waals surface area contributed by atoms with Gasteiger partial charge in [-0.25, -0.2) is 0 Å². The maximum atomic E-state index is 13.3. The Kier molecular flexibility index (Phi) is 8.01. The van der Waals surface area contributed by atoms with Crippen LogP contribution in [-0.2, 0) is 11.3 Å². The number of nitrogens with two attached hydrogens (primary N) is 1. The number of hydrogen-bond donors (Lipinski definition) is 2. The fraction of sp³-hybridized carbons (Fsp3) is 0.333. The van der Waals surface area contributed by atoms with Crippen LogP contribution in [0.5, 0.6) is 11.5 Å². The molecule has 0 spiro atoms. The molecular weight excluding hydrogens is 466 g/mol. The molecule has 3 aromatic carbocycles. The molecule has 1 aliphatic heterocycles. The number of rotatable bonds is 10. The first-order valence-electron chi connectivity index (χ1n) is 12.6. The van der Waals surface area contributed by atoms with Crippen LogP contribution in [0.3, 0.4) is 0 Å². The maximum Gasteiger partial charge on any atom is 0.254 e. The van der Waals surface area contributed by atoms with Crippen molar-refractivity contribution in [2.75, 3.05) is 31.8 Å². The van der Waals surface area contributed by atoms with Gasteiger partial charge >= 0.3 is 0 Å². The van der Waals surface area contributed by atoms with Crippen LogP contribution in [0.25, 0.3) is 11.1 Å². The number of aryl methyl sites for hydroxylation is 2. The third-order valence-corrected chi connectivity index (χ3v) is 6.72. The average Bonchev–Trinajstić information content (AvgIpc) is 3.18. The van der Waals surface area contributed by atoms with Gasteiger partial charge in [-0.1, -0.05) is 47.9 Å². The first-order chi connectivity index (χ1) is 17.8. The summed E-state index contributed by atoms with van der Waals surface area (Å²) < 4.78 is 11.4. The van der Waals surface area contributed by atoms with Gasteiger partial charge in [-0.15, -0.1) is 0 Å². The summed E-state index contributed by atoms with van der Waals surface area (Å²) in [6.45, 7) is 5.27. The predicted octanol–water partition coefficient (Wildman–Crippen LogP) is 5.72. The first kappa shape index (κ1) is 26.1. The molecule has 37 heavy (non-hydrogen) atoms. The van der Waals surface area contributed by atoms with Crippen molar-refractivity contribution in [3.05, 3.63) is 70.8 Å². The molecule has 0 saturated carbocycles. The molecule has 0 unspecified atom stereocenters. The second-order valence-electron chi connectivity index (χ2n) is 9.56. The lowest BCUT2D eigenvalue weighted by Gasteiger charge is -2.18. The van der Waals surface area contributed by atoms with E-state index < -0.39 is 0 Å². The third-order valence-electron chi connectivity index (χ3n) is 6.72. The van der Waals surface area contributed by atoms with Gasteiger partial charge in [0.15, 0.2) is 11.5 Å². The highest BCUT2D eigenvalue weighted by atomic mass is 16.5. The van der Waals surface area contributed by atoms with E-state index in [1.165, 1.54) is 0 Å². The normalized spacial score (nSPS) is 12.4. The van der Waals surface area contributed by atoms with Crippen molar-refractivity contribution in [3.8, 4) is 22.6 Å². The van der Waals surface area contributed by atoms with E-state index in [1.807, 2.05) is 17.0 Å². The molecule has 3 aromatic rings. The van der Waals surface area contributed by atoms with Crippen molar-refractivity contribution in [2.45, 2.75) is 46.1 Å². The third kappa shape index (κ3) is 5.71. The Morgan fingerprint density at radius 3 is 2.41 bits per heavy atom. The van der Waals surface area contributed by atoms with Crippen molar-refractivity contribution in [2.24, 2.45) is 0 Å². The summed E-state index contributed by atoms with van der Waals surface area (Å²) in [6, 6.07) is 15.4. The lowest BCUT2D eigenvalue weighted by atomic mass is 9.93. The number of fused-ring (bicyclic) bond motifs is 1. The van der Waals surface area contributed by atoms with Crippen LogP contribution >= 0.6 is 0 Å². The molecule has 0 fully saturated rings. The smallest absolute Gasteiger partial charge is 0.254 e. The van der Waals surface area contributed by atoms with Crippen LogP contribution in [0, 0.1) is 13.8 Å². The Bertz CT molecular complexity index is 1300. The van der Waals surface area contributed by atoms with Crippen LogP contribution in [0.4, 0.5) is 11.4 Å². The molecule has 0 saturated heterocycles. The highest BCUT2D eigenvalue weighted by Crippen LogP contribution is 2.45. The van der Waals surface area contributed by atoms with Gasteiger partial charge in [-0.2, -0.15) is 0 Å². The molecule has 7 heteroatoms. The van der Waals surface area contributed by atoms with Gasteiger partial charge in [0.25, 0.3) is 5.91 Å². The second-order valence-corrected chi connectivity index (χ2v) is 9.56. The minimum absolute atomic E-state index is 0.00104. The number of ether oxygens (including phenoxy) is 2. The molecule has 1 aliphatic rings. The van der Waals surface area contributed by atoms with Crippen LogP contribution < -0.4 is 20.5 Å². The number of unbranched alkanes of at least 4 members (excludes halogenated alkanes) is 2. The maximum absolute atomic E-state index is 13.3. The summed E-state index contributed by atoms with van der Waals surface area (Å²) in [5.41, 5.74) is 12.9. The van der Waals surface area contributed by atoms with Crippen LogP contribution in [0.15, 0.2) is 48.5 Å². The standard InChI is InChI=1S/C30H35N3O4/c1-19-14-20(2)16-21(15-19)28-23-18-33(30(35)22(23)17-26(36-3)29(28)37-4)13-9-5-6-12-27(34)32-25-11-8-7-10-24(25)31/h7-8,10-11,14-17H,5-6,9,12-13,18,31H2,1-4H3,(H,32,34). The second kappa shape index (κ2) is 11.4. The molecule has 0 bridgehead atoms. The first-order valence-corrected chi connectivity index (χ1v) is 12.6. The predicted molar refractivity (Wildman–Crippen MR) is 147 cm³/mol. The number of carbonyl (C=O) groups is 2. The van der Waals surface area contributed by atoms with E-state index in [4.69, 9.17) is 15.2 Å². The monoisotopic (exact) mass is 501 g/mol. The average molecular weight is 502 g/mol. The van der Waals surface area contributed by atoms with Gasteiger partial charge in [0, 0.05) is 30.6 Å². The largest absolute Gasteiger partial charge is 0.493 e. The quantitative estimate of drug-likeness (QED) is 0.274. The number of anilines is 2. The number of hydrogen-bond acceptors (Lipinski definition) is 5. The minimum atomic E-state index is -0.0557. The Labute approximate surface area is 218 Å². The van der Waals surface area contributed by atoms with E-state index in [-0.39, 0.29) is 11.8 Å². The number of nitrogen functional groups attached to an aromatic ring is 1. The Balaban J connectivity index is 1.42. The summed E-state index contributed by atoms with van der Waals surface area (Å²) in [5.74, 6) is 1.14. The number of benzene rings is 3. The summed E-state index contributed by atoms with van der Waals surface area (Å²) in [4.78, 5) is 27.5. The molecule has 0 aromatic heterocycles. The van der Waals surface area contributed by atoms with Crippen molar-refractivity contribution < 1.29 is 19.1 Å². The number of amides is 2.